The predicted molar refractivity (Wildman–Crippen MR) is 88.1 cm³/mol. The molecule has 1 fully saturated rings. The molecule has 1 amide bonds. The van der Waals surface area contributed by atoms with Gasteiger partial charge in [0.05, 0.1) is 6.54 Å². The van der Waals surface area contributed by atoms with E-state index in [1.54, 1.807) is 11.3 Å². The van der Waals surface area contributed by atoms with Gasteiger partial charge in [-0.05, 0) is 42.7 Å². The maximum absolute atomic E-state index is 12.4. The number of amides is 1. The first kappa shape index (κ1) is 14.3. The number of nitrogens with two attached hydrogens (primary N) is 1. The Morgan fingerprint density at radius 1 is 1.57 bits per heavy atom. The molecule has 2 aromatic rings. The average molecular weight is 322 g/mol. The van der Waals surface area contributed by atoms with Crippen molar-refractivity contribution in [1.82, 2.24) is 9.69 Å². The summed E-state index contributed by atoms with van der Waals surface area (Å²) in [6.07, 6.45) is 2.12. The predicted octanol–water partition coefficient (Wildman–Crippen LogP) is 2.71. The minimum atomic E-state index is -0.0941. The van der Waals surface area contributed by atoms with Crippen LogP contribution in [-0.2, 0) is 6.54 Å². The molecule has 1 aliphatic carbocycles. The number of rotatable bonds is 6. The van der Waals surface area contributed by atoms with E-state index >= 15 is 0 Å². The molecule has 112 valence electrons. The highest BCUT2D eigenvalue weighted by molar-refractivity contribution is 7.11. The molecule has 21 heavy (non-hydrogen) atoms. The number of aromatic nitrogens is 1. The van der Waals surface area contributed by atoms with E-state index in [4.69, 9.17) is 5.73 Å². The molecule has 0 saturated heterocycles. The van der Waals surface area contributed by atoms with Crippen LogP contribution in [0.5, 0.6) is 0 Å². The SMILES string of the molecule is CCN(Cc1cccs1)c1snc(N)c1C(=O)NC1CC1. The van der Waals surface area contributed by atoms with Crippen molar-refractivity contribution in [3.05, 3.63) is 28.0 Å². The lowest BCUT2D eigenvalue weighted by Crippen LogP contribution is -2.29. The van der Waals surface area contributed by atoms with Gasteiger partial charge in [0.25, 0.3) is 5.91 Å². The van der Waals surface area contributed by atoms with Crippen molar-refractivity contribution in [3.63, 3.8) is 0 Å². The van der Waals surface area contributed by atoms with Gasteiger partial charge in [-0.2, -0.15) is 4.37 Å². The summed E-state index contributed by atoms with van der Waals surface area (Å²) in [4.78, 5) is 15.8. The van der Waals surface area contributed by atoms with Gasteiger partial charge in [0.15, 0.2) is 5.82 Å². The van der Waals surface area contributed by atoms with Gasteiger partial charge in [-0.1, -0.05) is 6.07 Å². The van der Waals surface area contributed by atoms with E-state index in [9.17, 15) is 4.79 Å². The van der Waals surface area contributed by atoms with Crippen LogP contribution in [0.15, 0.2) is 17.5 Å². The molecule has 2 heterocycles. The summed E-state index contributed by atoms with van der Waals surface area (Å²) in [7, 11) is 0. The zero-order valence-corrected chi connectivity index (χ0v) is 13.5. The maximum atomic E-state index is 12.4. The zero-order chi connectivity index (χ0) is 14.8. The van der Waals surface area contributed by atoms with E-state index in [-0.39, 0.29) is 5.91 Å². The van der Waals surface area contributed by atoms with Crippen LogP contribution in [0.1, 0.15) is 35.0 Å². The lowest BCUT2D eigenvalue weighted by molar-refractivity contribution is 0.0952. The van der Waals surface area contributed by atoms with Crippen molar-refractivity contribution in [2.45, 2.75) is 32.4 Å². The van der Waals surface area contributed by atoms with Gasteiger partial charge in [0, 0.05) is 17.5 Å². The highest BCUT2D eigenvalue weighted by Crippen LogP contribution is 2.33. The monoisotopic (exact) mass is 322 g/mol. The van der Waals surface area contributed by atoms with Gasteiger partial charge >= 0.3 is 0 Å². The zero-order valence-electron chi connectivity index (χ0n) is 11.8. The molecule has 0 spiro atoms. The molecular formula is C14H18N4OS2. The Hall–Kier alpha value is -1.60. The number of carbonyl (C=O) groups excluding carboxylic acids is 1. The number of hydrogen-bond acceptors (Lipinski definition) is 6. The molecule has 2 aromatic heterocycles. The van der Waals surface area contributed by atoms with Crippen molar-refractivity contribution < 1.29 is 4.79 Å². The van der Waals surface area contributed by atoms with Crippen LogP contribution in [-0.4, -0.2) is 22.9 Å². The standard InChI is InChI=1S/C14H18N4OS2/c1-2-18(8-10-4-3-7-20-10)14-11(12(15)17-21-14)13(19)16-9-5-6-9/h3-4,7,9H,2,5-6,8H2,1H3,(H2,15,17)(H,16,19). The van der Waals surface area contributed by atoms with E-state index in [0.717, 1.165) is 30.9 Å². The minimum Gasteiger partial charge on any atom is -0.382 e. The van der Waals surface area contributed by atoms with Gasteiger partial charge in [-0.15, -0.1) is 11.3 Å². The van der Waals surface area contributed by atoms with Gasteiger partial charge in [-0.25, -0.2) is 0 Å². The smallest absolute Gasteiger partial charge is 0.258 e. The Morgan fingerprint density at radius 2 is 2.38 bits per heavy atom. The van der Waals surface area contributed by atoms with Gasteiger partial charge in [0.2, 0.25) is 0 Å². The fraction of sp³-hybridized carbons (Fsp3) is 0.429. The van der Waals surface area contributed by atoms with Crippen LogP contribution in [0.25, 0.3) is 0 Å². The van der Waals surface area contributed by atoms with Gasteiger partial charge < -0.3 is 16.0 Å². The molecule has 0 radical (unpaired) electrons. The van der Waals surface area contributed by atoms with Crippen LogP contribution in [0, 0.1) is 0 Å². The van der Waals surface area contributed by atoms with Gasteiger partial charge in [0.1, 0.15) is 10.6 Å². The highest BCUT2D eigenvalue weighted by atomic mass is 32.1. The molecule has 0 aliphatic heterocycles. The molecule has 1 aliphatic rings. The third-order valence-corrected chi connectivity index (χ3v) is 5.22. The van der Waals surface area contributed by atoms with Crippen molar-refractivity contribution >= 4 is 39.6 Å². The van der Waals surface area contributed by atoms with Crippen LogP contribution in [0.3, 0.4) is 0 Å². The van der Waals surface area contributed by atoms with Crippen molar-refractivity contribution in [2.24, 2.45) is 0 Å². The summed E-state index contributed by atoms with van der Waals surface area (Å²) in [5.41, 5.74) is 6.45. The van der Waals surface area contributed by atoms with E-state index in [0.29, 0.717) is 17.4 Å². The lowest BCUT2D eigenvalue weighted by atomic mass is 10.2. The Balaban J connectivity index is 1.83. The van der Waals surface area contributed by atoms with E-state index in [1.165, 1.54) is 16.4 Å². The van der Waals surface area contributed by atoms with Crippen molar-refractivity contribution in [3.8, 4) is 0 Å². The normalized spacial score (nSPS) is 14.1. The third kappa shape index (κ3) is 3.19. The molecular weight excluding hydrogens is 304 g/mol. The summed E-state index contributed by atoms with van der Waals surface area (Å²) in [5, 5.41) is 5.92. The molecule has 0 bridgehead atoms. The number of nitrogens with one attached hydrogen (secondary N) is 1. The fourth-order valence-electron chi connectivity index (χ4n) is 2.13. The van der Waals surface area contributed by atoms with Gasteiger partial charge in [-0.3, -0.25) is 4.79 Å². The number of nitrogen functional groups attached to an aromatic ring is 1. The molecule has 3 rings (SSSR count). The summed E-state index contributed by atoms with van der Waals surface area (Å²) in [6.45, 7) is 3.66. The third-order valence-electron chi connectivity index (χ3n) is 3.44. The molecule has 0 atom stereocenters. The van der Waals surface area contributed by atoms with Crippen molar-refractivity contribution in [2.75, 3.05) is 17.2 Å². The second-order valence-electron chi connectivity index (χ2n) is 5.09. The Kier molecular flexibility index (Phi) is 4.12. The Bertz CT molecular complexity index is 619. The minimum absolute atomic E-state index is 0.0941. The van der Waals surface area contributed by atoms with Crippen molar-refractivity contribution in [1.29, 1.82) is 0 Å². The van der Waals surface area contributed by atoms with Crippen LogP contribution >= 0.6 is 22.9 Å². The van der Waals surface area contributed by atoms with Crippen LogP contribution < -0.4 is 16.0 Å². The lowest BCUT2D eigenvalue weighted by Gasteiger charge is -2.21. The molecule has 1 saturated carbocycles. The first-order valence-corrected chi connectivity index (χ1v) is 8.67. The molecule has 3 N–H and O–H groups in total. The first-order chi connectivity index (χ1) is 10.2. The number of hydrogen-bond donors (Lipinski definition) is 2. The highest BCUT2D eigenvalue weighted by Gasteiger charge is 2.28. The summed E-state index contributed by atoms with van der Waals surface area (Å²) in [5.74, 6) is 0.237. The number of thiophene rings is 1. The summed E-state index contributed by atoms with van der Waals surface area (Å²) >= 11 is 3.01. The fourth-order valence-corrected chi connectivity index (χ4v) is 3.72. The van der Waals surface area contributed by atoms with Crippen LogP contribution in [0.4, 0.5) is 10.8 Å². The first-order valence-electron chi connectivity index (χ1n) is 7.02. The van der Waals surface area contributed by atoms with E-state index < -0.39 is 0 Å². The van der Waals surface area contributed by atoms with E-state index in [1.807, 2.05) is 6.07 Å². The Morgan fingerprint density at radius 3 is 3.00 bits per heavy atom. The largest absolute Gasteiger partial charge is 0.382 e. The quantitative estimate of drug-likeness (QED) is 0.858. The second-order valence-corrected chi connectivity index (χ2v) is 6.87. The summed E-state index contributed by atoms with van der Waals surface area (Å²) in [6, 6.07) is 4.45. The molecule has 7 heteroatoms. The van der Waals surface area contributed by atoms with E-state index in [2.05, 4.69) is 33.0 Å². The topological polar surface area (TPSA) is 71.2 Å². The summed E-state index contributed by atoms with van der Waals surface area (Å²) < 4.78 is 4.18. The molecule has 0 unspecified atom stereocenters. The Labute approximate surface area is 131 Å². The van der Waals surface area contributed by atoms with Crippen LogP contribution in [0.2, 0.25) is 0 Å². The number of anilines is 2. The maximum Gasteiger partial charge on any atom is 0.258 e. The second kappa shape index (κ2) is 6.03. The molecule has 0 aromatic carbocycles. The average Bonchev–Trinajstić information content (AvgIpc) is 2.99. The number of carbonyl (C=O) groups is 1. The molecule has 5 nitrogen and oxygen atoms in total. The number of nitrogens with zero attached hydrogens (tertiary/aromatic N) is 2.